The van der Waals surface area contributed by atoms with Gasteiger partial charge in [0.2, 0.25) is 0 Å². The van der Waals surface area contributed by atoms with Crippen molar-refractivity contribution in [3.8, 4) is 0 Å². The van der Waals surface area contributed by atoms with E-state index in [9.17, 15) is 0 Å². The standard InChI is InChI=1S/C18H23N/c1-4-5-15-7-9-16(10-8-15)18(19)17-11-6-13(2)12-14(17)3/h6-12,18H,4-5,19H2,1-3H3. The highest BCUT2D eigenvalue weighted by Gasteiger charge is 2.11. The predicted molar refractivity (Wildman–Crippen MR) is 82.4 cm³/mol. The minimum absolute atomic E-state index is 0.0312. The van der Waals surface area contributed by atoms with Crippen LogP contribution in [0.5, 0.6) is 0 Å². The van der Waals surface area contributed by atoms with Crippen molar-refractivity contribution in [2.45, 2.75) is 39.7 Å². The Morgan fingerprint density at radius 1 is 1.00 bits per heavy atom. The molecule has 0 spiro atoms. The molecule has 2 N–H and O–H groups in total. The van der Waals surface area contributed by atoms with Crippen LogP contribution in [0.2, 0.25) is 0 Å². The highest BCUT2D eigenvalue weighted by molar-refractivity contribution is 5.39. The van der Waals surface area contributed by atoms with Gasteiger partial charge in [-0.15, -0.1) is 0 Å². The maximum absolute atomic E-state index is 6.39. The van der Waals surface area contributed by atoms with Gasteiger partial charge < -0.3 is 5.73 Å². The van der Waals surface area contributed by atoms with Gasteiger partial charge in [-0.1, -0.05) is 61.4 Å². The quantitative estimate of drug-likeness (QED) is 0.863. The minimum atomic E-state index is -0.0312. The van der Waals surface area contributed by atoms with Crippen LogP contribution >= 0.6 is 0 Å². The average molecular weight is 253 g/mol. The fourth-order valence-electron chi connectivity index (χ4n) is 2.53. The molecule has 0 radical (unpaired) electrons. The number of rotatable bonds is 4. The van der Waals surface area contributed by atoms with E-state index in [1.807, 2.05) is 0 Å². The van der Waals surface area contributed by atoms with Crippen molar-refractivity contribution in [2.75, 3.05) is 0 Å². The summed E-state index contributed by atoms with van der Waals surface area (Å²) in [7, 11) is 0. The van der Waals surface area contributed by atoms with Gasteiger partial charge in [0, 0.05) is 0 Å². The second-order valence-corrected chi connectivity index (χ2v) is 5.33. The zero-order chi connectivity index (χ0) is 13.8. The molecule has 0 saturated carbocycles. The van der Waals surface area contributed by atoms with E-state index in [0.717, 1.165) is 6.42 Å². The van der Waals surface area contributed by atoms with E-state index >= 15 is 0 Å². The molecule has 0 aromatic heterocycles. The van der Waals surface area contributed by atoms with Crippen LogP contribution in [0, 0.1) is 13.8 Å². The Hall–Kier alpha value is -1.60. The number of hydrogen-bond acceptors (Lipinski definition) is 1. The first kappa shape index (κ1) is 13.8. The second kappa shape index (κ2) is 6.03. The smallest absolute Gasteiger partial charge is 0.0554 e. The molecule has 2 aromatic carbocycles. The summed E-state index contributed by atoms with van der Waals surface area (Å²) in [5.74, 6) is 0. The zero-order valence-corrected chi connectivity index (χ0v) is 12.1. The van der Waals surface area contributed by atoms with Crippen molar-refractivity contribution in [2.24, 2.45) is 5.73 Å². The fourth-order valence-corrected chi connectivity index (χ4v) is 2.53. The van der Waals surface area contributed by atoms with Crippen molar-refractivity contribution < 1.29 is 0 Å². The molecule has 2 aromatic rings. The molecule has 1 unspecified atom stereocenters. The van der Waals surface area contributed by atoms with Gasteiger partial charge in [-0.25, -0.2) is 0 Å². The van der Waals surface area contributed by atoms with Gasteiger partial charge in [-0.2, -0.15) is 0 Å². The monoisotopic (exact) mass is 253 g/mol. The lowest BCUT2D eigenvalue weighted by molar-refractivity contribution is 0.855. The van der Waals surface area contributed by atoms with E-state index in [1.165, 1.54) is 34.2 Å². The molecule has 0 aliphatic heterocycles. The lowest BCUT2D eigenvalue weighted by atomic mass is 9.94. The van der Waals surface area contributed by atoms with Crippen molar-refractivity contribution in [1.29, 1.82) is 0 Å². The van der Waals surface area contributed by atoms with E-state index < -0.39 is 0 Å². The first-order chi connectivity index (χ1) is 9.11. The highest BCUT2D eigenvalue weighted by atomic mass is 14.6. The normalized spacial score (nSPS) is 12.4. The third-order valence-corrected chi connectivity index (χ3v) is 3.64. The Balaban J connectivity index is 2.25. The first-order valence-corrected chi connectivity index (χ1v) is 7.03. The lowest BCUT2D eigenvalue weighted by Crippen LogP contribution is -2.13. The molecule has 0 fully saturated rings. The van der Waals surface area contributed by atoms with E-state index in [4.69, 9.17) is 5.73 Å². The Morgan fingerprint density at radius 2 is 1.68 bits per heavy atom. The number of nitrogens with two attached hydrogens (primary N) is 1. The molecule has 1 nitrogen and oxygen atoms in total. The summed E-state index contributed by atoms with van der Waals surface area (Å²) in [6, 6.07) is 15.2. The molecule has 0 heterocycles. The van der Waals surface area contributed by atoms with Crippen LogP contribution in [0.15, 0.2) is 42.5 Å². The van der Waals surface area contributed by atoms with Crippen LogP contribution in [0.4, 0.5) is 0 Å². The van der Waals surface area contributed by atoms with Crippen LogP contribution in [-0.2, 0) is 6.42 Å². The summed E-state index contributed by atoms with van der Waals surface area (Å²) in [4.78, 5) is 0. The largest absolute Gasteiger partial charge is 0.320 e. The maximum Gasteiger partial charge on any atom is 0.0554 e. The first-order valence-electron chi connectivity index (χ1n) is 7.03. The zero-order valence-electron chi connectivity index (χ0n) is 12.1. The van der Waals surface area contributed by atoms with Gasteiger partial charge in [0.1, 0.15) is 0 Å². The average Bonchev–Trinajstić information content (AvgIpc) is 2.39. The van der Waals surface area contributed by atoms with Gasteiger partial charge in [-0.3, -0.25) is 0 Å². The molecule has 0 aliphatic carbocycles. The topological polar surface area (TPSA) is 26.0 Å². The lowest BCUT2D eigenvalue weighted by Gasteiger charge is -2.16. The van der Waals surface area contributed by atoms with Gasteiger partial charge in [0.25, 0.3) is 0 Å². The molecule has 0 aliphatic rings. The van der Waals surface area contributed by atoms with Gasteiger partial charge in [0.05, 0.1) is 6.04 Å². The highest BCUT2D eigenvalue weighted by Crippen LogP contribution is 2.23. The summed E-state index contributed by atoms with van der Waals surface area (Å²) in [5.41, 5.74) is 12.7. The van der Waals surface area contributed by atoms with Crippen LogP contribution in [0.3, 0.4) is 0 Å². The molecule has 1 atom stereocenters. The van der Waals surface area contributed by atoms with Crippen LogP contribution in [0.25, 0.3) is 0 Å². The molecule has 100 valence electrons. The third kappa shape index (κ3) is 3.24. The van der Waals surface area contributed by atoms with E-state index in [1.54, 1.807) is 0 Å². The Morgan fingerprint density at radius 3 is 2.26 bits per heavy atom. The predicted octanol–water partition coefficient (Wildman–Crippen LogP) is 4.30. The molecule has 0 amide bonds. The second-order valence-electron chi connectivity index (χ2n) is 5.33. The molecule has 0 saturated heterocycles. The van der Waals surface area contributed by atoms with Crippen LogP contribution in [0.1, 0.15) is 47.2 Å². The third-order valence-electron chi connectivity index (χ3n) is 3.64. The summed E-state index contributed by atoms with van der Waals surface area (Å²) < 4.78 is 0. The summed E-state index contributed by atoms with van der Waals surface area (Å²) in [6.07, 6.45) is 2.32. The van der Waals surface area contributed by atoms with Crippen molar-refractivity contribution in [1.82, 2.24) is 0 Å². The molecule has 2 rings (SSSR count). The van der Waals surface area contributed by atoms with Crippen LogP contribution in [-0.4, -0.2) is 0 Å². The molecule has 1 heteroatoms. The van der Waals surface area contributed by atoms with Crippen molar-refractivity contribution >= 4 is 0 Å². The Labute approximate surface area is 116 Å². The fraction of sp³-hybridized carbons (Fsp3) is 0.333. The van der Waals surface area contributed by atoms with Crippen molar-refractivity contribution in [3.63, 3.8) is 0 Å². The summed E-state index contributed by atoms with van der Waals surface area (Å²) in [5, 5.41) is 0. The van der Waals surface area contributed by atoms with Gasteiger partial charge in [-0.05, 0) is 42.5 Å². The van der Waals surface area contributed by atoms with Crippen LogP contribution < -0.4 is 5.73 Å². The summed E-state index contributed by atoms with van der Waals surface area (Å²) >= 11 is 0. The van der Waals surface area contributed by atoms with E-state index in [-0.39, 0.29) is 6.04 Å². The van der Waals surface area contributed by atoms with Gasteiger partial charge >= 0.3 is 0 Å². The maximum atomic E-state index is 6.39. The molecular weight excluding hydrogens is 230 g/mol. The summed E-state index contributed by atoms with van der Waals surface area (Å²) in [6.45, 7) is 6.45. The molecule has 19 heavy (non-hydrogen) atoms. The molecular formula is C18H23N. The van der Waals surface area contributed by atoms with E-state index in [0.29, 0.717) is 0 Å². The van der Waals surface area contributed by atoms with E-state index in [2.05, 4.69) is 63.2 Å². The Kier molecular flexibility index (Phi) is 4.39. The minimum Gasteiger partial charge on any atom is -0.320 e. The SMILES string of the molecule is CCCc1ccc(C(N)c2ccc(C)cc2C)cc1. The number of aryl methyl sites for hydroxylation is 3. The van der Waals surface area contributed by atoms with Crippen molar-refractivity contribution in [3.05, 3.63) is 70.3 Å². The number of hydrogen-bond donors (Lipinski definition) is 1. The Bertz CT molecular complexity index is 540. The molecule has 0 bridgehead atoms. The van der Waals surface area contributed by atoms with Gasteiger partial charge in [0.15, 0.2) is 0 Å². The number of benzene rings is 2.